The van der Waals surface area contributed by atoms with Crippen molar-refractivity contribution in [2.75, 3.05) is 7.05 Å². The second kappa shape index (κ2) is 4.66. The first-order valence-corrected chi connectivity index (χ1v) is 5.44. The van der Waals surface area contributed by atoms with Crippen LogP contribution in [0.2, 0.25) is 0 Å². The van der Waals surface area contributed by atoms with Crippen molar-refractivity contribution in [3.8, 4) is 0 Å². The Morgan fingerprint density at radius 2 is 2.06 bits per heavy atom. The Labute approximate surface area is 97.0 Å². The summed E-state index contributed by atoms with van der Waals surface area (Å²) in [5.41, 5.74) is 8.40. The molecule has 0 aromatic heterocycles. The van der Waals surface area contributed by atoms with Gasteiger partial charge in [0.25, 0.3) is 0 Å². The number of hydrogen-bond acceptors (Lipinski definition) is 2. The number of nitrogens with two attached hydrogens (primary N) is 1. The maximum absolute atomic E-state index is 11.1. The molecular formula is C13H20N2O. The van der Waals surface area contributed by atoms with E-state index in [4.69, 9.17) is 5.73 Å². The van der Waals surface area contributed by atoms with Crippen molar-refractivity contribution in [1.29, 1.82) is 0 Å². The summed E-state index contributed by atoms with van der Waals surface area (Å²) in [5, 5.41) is 3.19. The van der Waals surface area contributed by atoms with Crippen LogP contribution in [0.1, 0.15) is 30.0 Å². The molecule has 0 aliphatic carbocycles. The van der Waals surface area contributed by atoms with Gasteiger partial charge in [-0.3, -0.25) is 4.79 Å². The first kappa shape index (κ1) is 12.7. The summed E-state index contributed by atoms with van der Waals surface area (Å²) in [6.07, 6.45) is 0.299. The molecule has 0 aliphatic rings. The Hall–Kier alpha value is -1.35. The fourth-order valence-corrected chi connectivity index (χ4v) is 2.00. The smallest absolute Gasteiger partial charge is 0.219 e. The molecule has 0 fully saturated rings. The molecule has 1 atom stereocenters. The number of carbonyl (C=O) groups is 1. The molecule has 3 heteroatoms. The minimum absolute atomic E-state index is 0.294. The van der Waals surface area contributed by atoms with E-state index in [0.717, 1.165) is 5.56 Å². The summed E-state index contributed by atoms with van der Waals surface area (Å²) in [6.45, 7) is 6.09. The van der Waals surface area contributed by atoms with Crippen LogP contribution in [0.3, 0.4) is 0 Å². The Morgan fingerprint density at radius 3 is 2.56 bits per heavy atom. The monoisotopic (exact) mass is 220 g/mol. The molecule has 0 bridgehead atoms. The lowest BCUT2D eigenvalue weighted by atomic mass is 9.84. The third kappa shape index (κ3) is 2.61. The van der Waals surface area contributed by atoms with E-state index in [1.54, 1.807) is 0 Å². The highest BCUT2D eigenvalue weighted by molar-refractivity contribution is 5.75. The number of hydrogen-bond donors (Lipinski definition) is 2. The number of amides is 1. The molecule has 1 aromatic rings. The maximum atomic E-state index is 11.1. The molecule has 0 saturated carbocycles. The van der Waals surface area contributed by atoms with Crippen molar-refractivity contribution in [3.05, 3.63) is 34.9 Å². The van der Waals surface area contributed by atoms with Crippen molar-refractivity contribution in [2.24, 2.45) is 5.73 Å². The number of rotatable bonds is 4. The highest BCUT2D eigenvalue weighted by Crippen LogP contribution is 2.27. The molecule has 1 unspecified atom stereocenters. The van der Waals surface area contributed by atoms with E-state index >= 15 is 0 Å². The van der Waals surface area contributed by atoms with Gasteiger partial charge in [-0.2, -0.15) is 0 Å². The summed E-state index contributed by atoms with van der Waals surface area (Å²) >= 11 is 0. The molecule has 1 aromatic carbocycles. The van der Waals surface area contributed by atoms with Crippen LogP contribution >= 0.6 is 0 Å². The highest BCUT2D eigenvalue weighted by atomic mass is 16.1. The predicted octanol–water partition coefficient (Wildman–Crippen LogP) is 1.61. The van der Waals surface area contributed by atoms with Crippen LogP contribution in [0.25, 0.3) is 0 Å². The first-order chi connectivity index (χ1) is 7.39. The van der Waals surface area contributed by atoms with Crippen LogP contribution in [-0.4, -0.2) is 13.0 Å². The summed E-state index contributed by atoms with van der Waals surface area (Å²) in [7, 11) is 1.85. The average Bonchev–Trinajstić information content (AvgIpc) is 2.20. The zero-order valence-corrected chi connectivity index (χ0v) is 10.4. The van der Waals surface area contributed by atoms with Crippen LogP contribution < -0.4 is 11.1 Å². The van der Waals surface area contributed by atoms with Gasteiger partial charge < -0.3 is 11.1 Å². The van der Waals surface area contributed by atoms with Crippen LogP contribution in [0, 0.1) is 13.8 Å². The Morgan fingerprint density at radius 1 is 1.44 bits per heavy atom. The molecule has 1 amide bonds. The van der Waals surface area contributed by atoms with Crippen LogP contribution in [0.15, 0.2) is 18.2 Å². The normalized spacial score (nSPS) is 14.5. The van der Waals surface area contributed by atoms with E-state index in [-0.39, 0.29) is 11.4 Å². The molecule has 3 nitrogen and oxygen atoms in total. The standard InChI is InChI=1S/C13H20N2O/c1-9-5-6-10(2)11(7-9)13(3,15-4)8-12(14)16/h5-7,15H,8H2,1-4H3,(H2,14,16). The molecular weight excluding hydrogens is 200 g/mol. The van der Waals surface area contributed by atoms with Crippen molar-refractivity contribution in [1.82, 2.24) is 5.32 Å². The van der Waals surface area contributed by atoms with Crippen molar-refractivity contribution in [3.63, 3.8) is 0 Å². The number of carbonyl (C=O) groups excluding carboxylic acids is 1. The van der Waals surface area contributed by atoms with Crippen LogP contribution in [-0.2, 0) is 10.3 Å². The molecule has 88 valence electrons. The lowest BCUT2D eigenvalue weighted by molar-refractivity contribution is -0.119. The molecule has 1 rings (SSSR count). The Kier molecular flexibility index (Phi) is 3.70. The topological polar surface area (TPSA) is 55.1 Å². The van der Waals surface area contributed by atoms with Gasteiger partial charge in [-0.25, -0.2) is 0 Å². The zero-order valence-electron chi connectivity index (χ0n) is 10.4. The van der Waals surface area contributed by atoms with Crippen LogP contribution in [0.4, 0.5) is 0 Å². The molecule has 0 saturated heterocycles. The third-order valence-electron chi connectivity index (χ3n) is 3.07. The van der Waals surface area contributed by atoms with Crippen molar-refractivity contribution < 1.29 is 4.79 Å². The van der Waals surface area contributed by atoms with Gasteiger partial charge in [-0.05, 0) is 38.9 Å². The lowest BCUT2D eigenvalue weighted by Crippen LogP contribution is -2.41. The van der Waals surface area contributed by atoms with Crippen molar-refractivity contribution >= 4 is 5.91 Å². The van der Waals surface area contributed by atoms with E-state index in [2.05, 4.69) is 23.5 Å². The van der Waals surface area contributed by atoms with Crippen molar-refractivity contribution in [2.45, 2.75) is 32.7 Å². The second-order valence-corrected chi connectivity index (χ2v) is 4.54. The Balaban J connectivity index is 3.21. The average molecular weight is 220 g/mol. The van der Waals surface area contributed by atoms with Gasteiger partial charge in [0.1, 0.15) is 0 Å². The summed E-state index contributed by atoms with van der Waals surface area (Å²) in [4.78, 5) is 11.1. The van der Waals surface area contributed by atoms with E-state index in [9.17, 15) is 4.79 Å². The quantitative estimate of drug-likeness (QED) is 0.810. The number of nitrogens with one attached hydrogen (secondary N) is 1. The van der Waals surface area contributed by atoms with Gasteiger partial charge in [-0.15, -0.1) is 0 Å². The SMILES string of the molecule is CNC(C)(CC(N)=O)c1cc(C)ccc1C. The van der Waals surface area contributed by atoms with E-state index in [0.29, 0.717) is 6.42 Å². The molecule has 16 heavy (non-hydrogen) atoms. The number of primary amides is 1. The van der Waals surface area contributed by atoms with Gasteiger partial charge in [0.15, 0.2) is 0 Å². The van der Waals surface area contributed by atoms with Gasteiger partial charge in [0, 0.05) is 12.0 Å². The Bertz CT molecular complexity index is 401. The fourth-order valence-electron chi connectivity index (χ4n) is 2.00. The first-order valence-electron chi connectivity index (χ1n) is 5.44. The van der Waals surface area contributed by atoms with Gasteiger partial charge in [-0.1, -0.05) is 23.8 Å². The lowest BCUT2D eigenvalue weighted by Gasteiger charge is -2.30. The predicted molar refractivity (Wildman–Crippen MR) is 66.1 cm³/mol. The molecule has 0 spiro atoms. The van der Waals surface area contributed by atoms with Gasteiger partial charge >= 0.3 is 0 Å². The molecule has 0 aliphatic heterocycles. The minimum Gasteiger partial charge on any atom is -0.370 e. The molecule has 0 heterocycles. The maximum Gasteiger partial charge on any atom is 0.219 e. The zero-order chi connectivity index (χ0) is 12.3. The minimum atomic E-state index is -0.387. The number of benzene rings is 1. The molecule has 0 radical (unpaired) electrons. The number of aryl methyl sites for hydroxylation is 2. The summed E-state index contributed by atoms with van der Waals surface area (Å²) in [6, 6.07) is 6.25. The second-order valence-electron chi connectivity index (χ2n) is 4.54. The third-order valence-corrected chi connectivity index (χ3v) is 3.07. The fraction of sp³-hybridized carbons (Fsp3) is 0.462. The summed E-state index contributed by atoms with van der Waals surface area (Å²) < 4.78 is 0. The largest absolute Gasteiger partial charge is 0.370 e. The van der Waals surface area contributed by atoms with Gasteiger partial charge in [0.05, 0.1) is 0 Å². The van der Waals surface area contributed by atoms with Crippen LogP contribution in [0.5, 0.6) is 0 Å². The molecule has 3 N–H and O–H groups in total. The van der Waals surface area contributed by atoms with Gasteiger partial charge in [0.2, 0.25) is 5.91 Å². The summed E-state index contributed by atoms with van der Waals surface area (Å²) in [5.74, 6) is -0.294. The van der Waals surface area contributed by atoms with E-state index < -0.39 is 0 Å². The van der Waals surface area contributed by atoms with E-state index in [1.165, 1.54) is 11.1 Å². The van der Waals surface area contributed by atoms with E-state index in [1.807, 2.05) is 27.8 Å². The highest BCUT2D eigenvalue weighted by Gasteiger charge is 2.28.